The van der Waals surface area contributed by atoms with Gasteiger partial charge in [0, 0.05) is 11.9 Å². The fraction of sp³-hybridized carbons (Fsp3) is 0.125. The Morgan fingerprint density at radius 2 is 1.87 bits per heavy atom. The van der Waals surface area contributed by atoms with E-state index in [4.69, 9.17) is 14.8 Å². The topological polar surface area (TPSA) is 87.5 Å². The first-order valence-electron chi connectivity index (χ1n) is 7.15. The summed E-state index contributed by atoms with van der Waals surface area (Å²) in [5.41, 5.74) is 2.22. The second-order valence-electron chi connectivity index (χ2n) is 5.05. The number of hydrogen-bond acceptors (Lipinski definition) is 6. The molecule has 0 bridgehead atoms. The number of rotatable bonds is 5. The lowest BCUT2D eigenvalue weighted by Crippen LogP contribution is -2.29. The lowest BCUT2D eigenvalue weighted by molar-refractivity contribution is 0.419. The lowest BCUT2D eigenvalue weighted by Gasteiger charge is -2.10. The number of fused-ring (bicyclic) bond motifs is 1. The molecule has 116 valence electrons. The number of benzene rings is 2. The zero-order chi connectivity index (χ0) is 16.2. The van der Waals surface area contributed by atoms with Crippen LogP contribution in [0.1, 0.15) is 5.56 Å². The Bertz CT molecular complexity index is 809. The van der Waals surface area contributed by atoms with Gasteiger partial charge in [0.1, 0.15) is 23.4 Å². The van der Waals surface area contributed by atoms with Gasteiger partial charge in [-0.15, -0.1) is 0 Å². The highest BCUT2D eigenvalue weighted by Crippen LogP contribution is 2.27. The van der Waals surface area contributed by atoms with Gasteiger partial charge in [-0.1, -0.05) is 30.3 Å². The lowest BCUT2D eigenvalue weighted by atomic mass is 9.80. The minimum absolute atomic E-state index is 0.464. The van der Waals surface area contributed by atoms with Gasteiger partial charge in [0.05, 0.1) is 7.11 Å². The fourth-order valence-corrected chi connectivity index (χ4v) is 2.36. The Morgan fingerprint density at radius 1 is 1.09 bits per heavy atom. The summed E-state index contributed by atoms with van der Waals surface area (Å²) >= 11 is 0. The number of methoxy groups -OCH3 is 1. The van der Waals surface area contributed by atoms with Crippen molar-refractivity contribution in [2.24, 2.45) is 0 Å². The van der Waals surface area contributed by atoms with Gasteiger partial charge >= 0.3 is 7.12 Å². The maximum Gasteiger partial charge on any atom is 0.488 e. The van der Waals surface area contributed by atoms with E-state index in [-0.39, 0.29) is 0 Å². The smallest absolute Gasteiger partial charge is 0.488 e. The van der Waals surface area contributed by atoms with Gasteiger partial charge in [0.2, 0.25) is 0 Å². The molecule has 0 radical (unpaired) electrons. The maximum atomic E-state index is 9.10. The minimum atomic E-state index is -1.45. The Hall–Kier alpha value is -2.64. The van der Waals surface area contributed by atoms with Crippen molar-refractivity contribution in [2.75, 3.05) is 12.4 Å². The van der Waals surface area contributed by atoms with Crippen LogP contribution in [0.4, 0.5) is 5.82 Å². The van der Waals surface area contributed by atoms with Crippen LogP contribution in [0.3, 0.4) is 0 Å². The summed E-state index contributed by atoms with van der Waals surface area (Å²) in [7, 11) is 0.163. The van der Waals surface area contributed by atoms with Crippen LogP contribution in [-0.2, 0) is 6.54 Å². The van der Waals surface area contributed by atoms with Gasteiger partial charge in [-0.2, -0.15) is 0 Å². The monoisotopic (exact) mass is 309 g/mol. The fourth-order valence-electron chi connectivity index (χ4n) is 2.36. The Morgan fingerprint density at radius 3 is 2.57 bits per heavy atom. The van der Waals surface area contributed by atoms with E-state index < -0.39 is 7.12 Å². The van der Waals surface area contributed by atoms with E-state index in [0.29, 0.717) is 17.8 Å². The van der Waals surface area contributed by atoms with Crippen LogP contribution in [0, 0.1) is 0 Å². The summed E-state index contributed by atoms with van der Waals surface area (Å²) in [4.78, 5) is 8.55. The number of nitrogens with zero attached hydrogens (tertiary/aromatic N) is 2. The highest BCUT2D eigenvalue weighted by molar-refractivity contribution is 6.58. The molecule has 3 aromatic rings. The van der Waals surface area contributed by atoms with Crippen LogP contribution in [-0.4, -0.2) is 34.2 Å². The maximum absolute atomic E-state index is 9.10. The molecule has 0 spiro atoms. The van der Waals surface area contributed by atoms with E-state index in [0.717, 1.165) is 22.3 Å². The average molecular weight is 309 g/mol. The molecule has 0 amide bonds. The van der Waals surface area contributed by atoms with Gasteiger partial charge in [0.15, 0.2) is 0 Å². The first-order chi connectivity index (χ1) is 11.2. The quantitative estimate of drug-likeness (QED) is 0.608. The summed E-state index contributed by atoms with van der Waals surface area (Å²) in [6.45, 7) is 0.561. The highest BCUT2D eigenvalue weighted by atomic mass is 16.5. The second-order valence-corrected chi connectivity index (χ2v) is 5.05. The molecule has 3 N–H and O–H groups in total. The van der Waals surface area contributed by atoms with Crippen molar-refractivity contribution in [3.05, 3.63) is 54.4 Å². The van der Waals surface area contributed by atoms with Crippen LogP contribution >= 0.6 is 0 Å². The predicted molar refractivity (Wildman–Crippen MR) is 89.7 cm³/mol. The third kappa shape index (κ3) is 3.25. The molecule has 7 heteroatoms. The highest BCUT2D eigenvalue weighted by Gasteiger charge is 2.10. The van der Waals surface area contributed by atoms with Crippen LogP contribution in [0.25, 0.3) is 10.9 Å². The first-order valence-corrected chi connectivity index (χ1v) is 7.15. The van der Waals surface area contributed by atoms with Crippen LogP contribution in [0.2, 0.25) is 0 Å². The zero-order valence-electron chi connectivity index (χ0n) is 12.6. The van der Waals surface area contributed by atoms with Crippen molar-refractivity contribution >= 4 is 29.3 Å². The Labute approximate surface area is 133 Å². The van der Waals surface area contributed by atoms with Crippen LogP contribution in [0.5, 0.6) is 5.75 Å². The molecule has 0 atom stereocenters. The molecule has 0 unspecified atom stereocenters. The molecule has 23 heavy (non-hydrogen) atoms. The second kappa shape index (κ2) is 6.64. The molecule has 1 heterocycles. The molecule has 0 aliphatic rings. The summed E-state index contributed by atoms with van der Waals surface area (Å²) in [5, 5.41) is 22.4. The van der Waals surface area contributed by atoms with E-state index in [9.17, 15) is 0 Å². The van der Waals surface area contributed by atoms with Crippen molar-refractivity contribution in [3.8, 4) is 5.75 Å². The summed E-state index contributed by atoms with van der Waals surface area (Å²) in [6.07, 6.45) is 1.50. The summed E-state index contributed by atoms with van der Waals surface area (Å²) in [6, 6.07) is 12.7. The largest absolute Gasteiger partial charge is 0.494 e. The average Bonchev–Trinajstić information content (AvgIpc) is 2.59. The summed E-state index contributed by atoms with van der Waals surface area (Å²) in [5.74, 6) is 1.43. The molecule has 6 nitrogen and oxygen atoms in total. The molecule has 2 aromatic carbocycles. The number of para-hydroxylation sites is 1. The van der Waals surface area contributed by atoms with Gasteiger partial charge in [0.25, 0.3) is 0 Å². The molecule has 3 rings (SSSR count). The Balaban J connectivity index is 1.82. The van der Waals surface area contributed by atoms with Gasteiger partial charge in [-0.05, 0) is 23.2 Å². The van der Waals surface area contributed by atoms with E-state index in [2.05, 4.69) is 15.3 Å². The third-order valence-electron chi connectivity index (χ3n) is 3.59. The first kappa shape index (κ1) is 15.3. The molecule has 0 saturated carbocycles. The molecular formula is C16H16BN3O3. The Kier molecular flexibility index (Phi) is 4.41. The van der Waals surface area contributed by atoms with Gasteiger partial charge < -0.3 is 20.1 Å². The number of nitrogens with one attached hydrogen (secondary N) is 1. The molecular weight excluding hydrogens is 293 g/mol. The molecule has 1 aromatic heterocycles. The van der Waals surface area contributed by atoms with Gasteiger partial charge in [-0.3, -0.25) is 0 Å². The molecule has 0 aliphatic carbocycles. The number of aromatic nitrogens is 2. The minimum Gasteiger partial charge on any atom is -0.494 e. The number of anilines is 1. The molecule has 0 aliphatic heterocycles. The van der Waals surface area contributed by atoms with Crippen molar-refractivity contribution in [2.45, 2.75) is 6.54 Å². The normalized spacial score (nSPS) is 10.6. The van der Waals surface area contributed by atoms with Crippen LogP contribution in [0.15, 0.2) is 48.8 Å². The van der Waals surface area contributed by atoms with Crippen molar-refractivity contribution < 1.29 is 14.8 Å². The predicted octanol–water partition coefficient (Wildman–Crippen LogP) is 0.930. The van der Waals surface area contributed by atoms with E-state index in [1.807, 2.05) is 30.3 Å². The van der Waals surface area contributed by atoms with E-state index in [1.165, 1.54) is 6.33 Å². The number of hydrogen-bond donors (Lipinski definition) is 3. The molecule has 0 saturated heterocycles. The number of ether oxygens (including phenoxy) is 1. The third-order valence-corrected chi connectivity index (χ3v) is 3.59. The van der Waals surface area contributed by atoms with Gasteiger partial charge in [-0.25, -0.2) is 9.97 Å². The zero-order valence-corrected chi connectivity index (χ0v) is 12.6. The van der Waals surface area contributed by atoms with Crippen molar-refractivity contribution in [1.29, 1.82) is 0 Å². The summed E-state index contributed by atoms with van der Waals surface area (Å²) < 4.78 is 5.32. The SMILES string of the molecule is COc1cccc2c(NCc3ccc(B(O)O)cc3)ncnc12. The standard InChI is InChI=1S/C16H16BN3O3/c1-23-14-4-2-3-13-15(14)19-10-20-16(13)18-9-11-5-7-12(8-6-11)17(21)22/h2-8,10,21-22H,9H2,1H3,(H,18,19,20). The van der Waals surface area contributed by atoms with E-state index in [1.54, 1.807) is 19.2 Å². The van der Waals surface area contributed by atoms with Crippen molar-refractivity contribution in [3.63, 3.8) is 0 Å². The molecule has 0 fully saturated rings. The van der Waals surface area contributed by atoms with E-state index >= 15 is 0 Å². The van der Waals surface area contributed by atoms with Crippen LogP contribution < -0.4 is 15.5 Å². The van der Waals surface area contributed by atoms with Crippen molar-refractivity contribution in [1.82, 2.24) is 9.97 Å².